The zero-order valence-corrected chi connectivity index (χ0v) is 16.4. The molecule has 1 fully saturated rings. The van der Waals surface area contributed by atoms with Crippen molar-refractivity contribution in [2.45, 2.75) is 58.0 Å². The maximum atomic E-state index is 13.0. The van der Waals surface area contributed by atoms with E-state index in [1.165, 1.54) is 7.11 Å². The molecule has 3 rings (SSSR count). The topological polar surface area (TPSA) is 106 Å². The molecule has 1 atom stereocenters. The van der Waals surface area contributed by atoms with E-state index in [2.05, 4.69) is 10.4 Å². The fourth-order valence-electron chi connectivity index (χ4n) is 3.12. The lowest BCUT2D eigenvalue weighted by Gasteiger charge is -2.20. The van der Waals surface area contributed by atoms with Crippen LogP contribution in [0.5, 0.6) is 0 Å². The molecule has 2 aromatic heterocycles. The average Bonchev–Trinajstić information content (AvgIpc) is 3.36. The Morgan fingerprint density at radius 2 is 2.07 bits per heavy atom. The number of aromatic nitrogens is 3. The van der Waals surface area contributed by atoms with Crippen molar-refractivity contribution in [1.82, 2.24) is 20.1 Å². The first-order valence-electron chi connectivity index (χ1n) is 9.06. The predicted octanol–water partition coefficient (Wildman–Crippen LogP) is 2.20. The first kappa shape index (κ1) is 19.3. The fraction of sp³-hybridized carbons (Fsp3) is 0.579. The van der Waals surface area contributed by atoms with Gasteiger partial charge in [-0.25, -0.2) is 14.5 Å². The number of aryl methyl sites for hydroxylation is 1. The number of hydrogen-bond donors (Lipinski definition) is 2. The van der Waals surface area contributed by atoms with E-state index in [1.807, 2.05) is 32.4 Å². The molecule has 27 heavy (non-hydrogen) atoms. The monoisotopic (exact) mass is 374 g/mol. The van der Waals surface area contributed by atoms with Crippen molar-refractivity contribution >= 4 is 22.9 Å². The van der Waals surface area contributed by atoms with E-state index in [0.717, 1.165) is 18.5 Å². The molecular weight excluding hydrogens is 348 g/mol. The molecular formula is C19H26N4O4. The highest BCUT2D eigenvalue weighted by Crippen LogP contribution is 2.41. The van der Waals surface area contributed by atoms with Crippen LogP contribution in [0.25, 0.3) is 11.0 Å². The van der Waals surface area contributed by atoms with E-state index in [4.69, 9.17) is 9.72 Å². The number of carboxylic acids is 1. The molecule has 1 amide bonds. The second-order valence-corrected chi connectivity index (χ2v) is 8.06. The molecule has 1 saturated carbocycles. The van der Waals surface area contributed by atoms with Crippen LogP contribution in [0.3, 0.4) is 0 Å². The van der Waals surface area contributed by atoms with E-state index in [9.17, 15) is 14.7 Å². The number of ether oxygens (including phenoxy) is 1. The number of carboxylic acid groups (broad SMARTS) is 1. The van der Waals surface area contributed by atoms with Gasteiger partial charge in [-0.1, -0.05) is 0 Å². The van der Waals surface area contributed by atoms with Crippen LogP contribution >= 0.6 is 0 Å². The van der Waals surface area contributed by atoms with Crippen LogP contribution in [0.2, 0.25) is 0 Å². The average molecular weight is 374 g/mol. The SMILES string of the molecule is COCC(NC(=O)c1cc(C2CC2)nc2c1c(C)nn2C(C)(C)C)C(=O)O. The smallest absolute Gasteiger partial charge is 0.328 e. The van der Waals surface area contributed by atoms with Gasteiger partial charge in [-0.05, 0) is 46.6 Å². The zero-order valence-electron chi connectivity index (χ0n) is 16.4. The number of amides is 1. The van der Waals surface area contributed by atoms with Crippen molar-refractivity contribution < 1.29 is 19.4 Å². The van der Waals surface area contributed by atoms with Gasteiger partial charge in [0.25, 0.3) is 5.91 Å². The lowest BCUT2D eigenvalue weighted by molar-refractivity contribution is -0.140. The van der Waals surface area contributed by atoms with Crippen LogP contribution in [0.4, 0.5) is 0 Å². The molecule has 2 N–H and O–H groups in total. The summed E-state index contributed by atoms with van der Waals surface area (Å²) in [4.78, 5) is 29.1. The lowest BCUT2D eigenvalue weighted by Crippen LogP contribution is -2.43. The zero-order chi connectivity index (χ0) is 19.9. The molecule has 0 radical (unpaired) electrons. The van der Waals surface area contributed by atoms with Crippen molar-refractivity contribution in [3.05, 3.63) is 23.0 Å². The Morgan fingerprint density at radius 1 is 1.41 bits per heavy atom. The number of rotatable bonds is 6. The maximum absolute atomic E-state index is 13.0. The van der Waals surface area contributed by atoms with Gasteiger partial charge in [0.05, 0.1) is 28.8 Å². The van der Waals surface area contributed by atoms with Gasteiger partial charge in [-0.2, -0.15) is 5.10 Å². The van der Waals surface area contributed by atoms with Crippen molar-refractivity contribution in [3.8, 4) is 0 Å². The number of carbonyl (C=O) groups excluding carboxylic acids is 1. The van der Waals surface area contributed by atoms with Gasteiger partial charge in [-0.3, -0.25) is 4.79 Å². The Hall–Kier alpha value is -2.48. The summed E-state index contributed by atoms with van der Waals surface area (Å²) < 4.78 is 6.75. The number of pyridine rings is 1. The molecule has 2 aromatic rings. The largest absolute Gasteiger partial charge is 0.480 e. The van der Waals surface area contributed by atoms with E-state index < -0.39 is 17.9 Å². The first-order chi connectivity index (χ1) is 12.6. The molecule has 0 aliphatic heterocycles. The lowest BCUT2D eigenvalue weighted by atomic mass is 10.1. The minimum atomic E-state index is -1.14. The third-order valence-corrected chi connectivity index (χ3v) is 4.65. The summed E-state index contributed by atoms with van der Waals surface area (Å²) in [5, 5.41) is 17.1. The van der Waals surface area contributed by atoms with E-state index in [1.54, 1.807) is 6.07 Å². The second kappa shape index (κ2) is 6.92. The second-order valence-electron chi connectivity index (χ2n) is 8.06. The molecule has 0 bridgehead atoms. The van der Waals surface area contributed by atoms with Crippen molar-refractivity contribution in [3.63, 3.8) is 0 Å². The van der Waals surface area contributed by atoms with Crippen LogP contribution < -0.4 is 5.32 Å². The normalized spacial score (nSPS) is 15.7. The summed E-state index contributed by atoms with van der Waals surface area (Å²) >= 11 is 0. The highest BCUT2D eigenvalue weighted by Gasteiger charge is 2.31. The van der Waals surface area contributed by atoms with Gasteiger partial charge >= 0.3 is 5.97 Å². The molecule has 2 heterocycles. The Morgan fingerprint density at radius 3 is 2.59 bits per heavy atom. The third kappa shape index (κ3) is 3.80. The van der Waals surface area contributed by atoms with Crippen LogP contribution in [0, 0.1) is 6.92 Å². The fourth-order valence-corrected chi connectivity index (χ4v) is 3.12. The minimum Gasteiger partial charge on any atom is -0.480 e. The Labute approximate surface area is 157 Å². The Kier molecular flexibility index (Phi) is 4.94. The number of nitrogens with one attached hydrogen (secondary N) is 1. The minimum absolute atomic E-state index is 0.106. The highest BCUT2D eigenvalue weighted by atomic mass is 16.5. The quantitative estimate of drug-likeness (QED) is 0.803. The van der Waals surface area contributed by atoms with Gasteiger partial charge in [0.1, 0.15) is 0 Å². The maximum Gasteiger partial charge on any atom is 0.328 e. The number of carbonyl (C=O) groups is 2. The highest BCUT2D eigenvalue weighted by molar-refractivity contribution is 6.07. The van der Waals surface area contributed by atoms with Crippen molar-refractivity contribution in [2.75, 3.05) is 13.7 Å². The molecule has 1 aliphatic rings. The molecule has 0 saturated heterocycles. The number of fused-ring (bicyclic) bond motifs is 1. The Balaban J connectivity index is 2.12. The van der Waals surface area contributed by atoms with Gasteiger partial charge in [0, 0.05) is 18.7 Å². The summed E-state index contributed by atoms with van der Waals surface area (Å²) in [5.41, 5.74) is 2.33. The van der Waals surface area contributed by atoms with Gasteiger partial charge in [-0.15, -0.1) is 0 Å². The van der Waals surface area contributed by atoms with Gasteiger partial charge in [0.2, 0.25) is 0 Å². The number of hydrogen-bond acceptors (Lipinski definition) is 5. The van der Waals surface area contributed by atoms with Crippen LogP contribution in [0.15, 0.2) is 6.07 Å². The van der Waals surface area contributed by atoms with Crippen molar-refractivity contribution in [1.29, 1.82) is 0 Å². The van der Waals surface area contributed by atoms with E-state index in [0.29, 0.717) is 28.2 Å². The van der Waals surface area contributed by atoms with Crippen LogP contribution in [0.1, 0.15) is 61.3 Å². The summed E-state index contributed by atoms with van der Waals surface area (Å²) in [6.07, 6.45) is 2.09. The summed E-state index contributed by atoms with van der Waals surface area (Å²) in [7, 11) is 1.40. The van der Waals surface area contributed by atoms with Crippen molar-refractivity contribution in [2.24, 2.45) is 0 Å². The van der Waals surface area contributed by atoms with E-state index >= 15 is 0 Å². The number of nitrogens with zero attached hydrogens (tertiary/aromatic N) is 3. The summed E-state index contributed by atoms with van der Waals surface area (Å²) in [6.45, 7) is 7.82. The molecule has 8 heteroatoms. The molecule has 0 spiro atoms. The molecule has 0 aromatic carbocycles. The van der Waals surface area contributed by atoms with Crippen LogP contribution in [-0.2, 0) is 15.1 Å². The molecule has 146 valence electrons. The Bertz CT molecular complexity index is 893. The molecule has 1 unspecified atom stereocenters. The van der Waals surface area contributed by atoms with Gasteiger partial charge < -0.3 is 15.2 Å². The first-order valence-corrected chi connectivity index (χ1v) is 9.06. The summed E-state index contributed by atoms with van der Waals surface area (Å²) in [6, 6.07) is 0.663. The van der Waals surface area contributed by atoms with Gasteiger partial charge in [0.15, 0.2) is 11.7 Å². The summed E-state index contributed by atoms with van der Waals surface area (Å²) in [5.74, 6) is -1.25. The number of aliphatic carboxylic acids is 1. The number of methoxy groups -OCH3 is 1. The molecule has 8 nitrogen and oxygen atoms in total. The van der Waals surface area contributed by atoms with E-state index in [-0.39, 0.29) is 12.1 Å². The predicted molar refractivity (Wildman–Crippen MR) is 100 cm³/mol. The van der Waals surface area contributed by atoms with Crippen LogP contribution in [-0.4, -0.2) is 51.5 Å². The standard InChI is InChI=1S/C19H26N4O4/c1-10-15-12(17(24)21-14(9-27-5)18(25)26)8-13(11-6-7-11)20-16(15)23(22-10)19(2,3)4/h8,11,14H,6-7,9H2,1-5H3,(H,21,24)(H,25,26). The third-order valence-electron chi connectivity index (χ3n) is 4.65. The molecule has 1 aliphatic carbocycles.